The minimum atomic E-state index is 0.0467. The fourth-order valence-electron chi connectivity index (χ4n) is 3.96. The van der Waals surface area contributed by atoms with Gasteiger partial charge in [-0.3, -0.25) is 9.69 Å². The van der Waals surface area contributed by atoms with Gasteiger partial charge in [0.1, 0.15) is 11.6 Å². The lowest BCUT2D eigenvalue weighted by atomic mass is 10.0. The number of anilines is 1. The van der Waals surface area contributed by atoms with Gasteiger partial charge in [-0.2, -0.15) is 5.10 Å². The van der Waals surface area contributed by atoms with E-state index in [2.05, 4.69) is 37.4 Å². The Morgan fingerprint density at radius 1 is 1.09 bits per heavy atom. The summed E-state index contributed by atoms with van der Waals surface area (Å²) in [4.78, 5) is 22.8. The highest BCUT2D eigenvalue weighted by molar-refractivity contribution is 5.89. The average molecular weight is 435 g/mol. The number of piperidine rings is 1. The third kappa shape index (κ3) is 5.91. The highest BCUT2D eigenvalue weighted by Gasteiger charge is 2.23. The molecule has 1 saturated heterocycles. The molecule has 2 aromatic heterocycles. The first kappa shape index (κ1) is 22.0. The fourth-order valence-corrected chi connectivity index (χ4v) is 3.96. The summed E-state index contributed by atoms with van der Waals surface area (Å²) in [6.07, 6.45) is 7.61. The monoisotopic (exact) mass is 434 g/mol. The van der Waals surface area contributed by atoms with E-state index in [0.717, 1.165) is 44.0 Å². The first-order valence-corrected chi connectivity index (χ1v) is 11.2. The molecular weight excluding hydrogens is 404 g/mol. The van der Waals surface area contributed by atoms with Crippen LogP contribution in [0, 0.1) is 5.92 Å². The molecule has 8 nitrogen and oxygen atoms in total. The maximum Gasteiger partial charge on any atom is 0.321 e. The molecule has 8 heteroatoms. The van der Waals surface area contributed by atoms with Crippen molar-refractivity contribution in [3.63, 3.8) is 0 Å². The van der Waals surface area contributed by atoms with E-state index in [-0.39, 0.29) is 5.91 Å². The van der Waals surface area contributed by atoms with Crippen molar-refractivity contribution in [1.82, 2.24) is 24.6 Å². The van der Waals surface area contributed by atoms with Crippen LogP contribution in [0.25, 0.3) is 0 Å². The number of nitrogens with one attached hydrogen (secondary N) is 1. The Kier molecular flexibility index (Phi) is 7.11. The van der Waals surface area contributed by atoms with Crippen molar-refractivity contribution < 1.29 is 9.53 Å². The van der Waals surface area contributed by atoms with E-state index < -0.39 is 0 Å². The highest BCUT2D eigenvalue weighted by atomic mass is 16.5. The van der Waals surface area contributed by atoms with Gasteiger partial charge in [0.05, 0.1) is 12.2 Å². The molecule has 168 valence electrons. The molecule has 3 aromatic rings. The minimum absolute atomic E-state index is 0.0467. The van der Waals surface area contributed by atoms with Crippen molar-refractivity contribution in [2.75, 3.05) is 18.4 Å². The normalized spacial score (nSPS) is 15.1. The van der Waals surface area contributed by atoms with Crippen LogP contribution in [0.4, 0.5) is 5.82 Å². The zero-order valence-electron chi connectivity index (χ0n) is 18.6. The van der Waals surface area contributed by atoms with Gasteiger partial charge in [0.2, 0.25) is 5.91 Å². The van der Waals surface area contributed by atoms with Crippen molar-refractivity contribution in [3.05, 3.63) is 60.6 Å². The molecule has 0 aliphatic carbocycles. The summed E-state index contributed by atoms with van der Waals surface area (Å²) in [6.45, 7) is 6.96. The first-order valence-electron chi connectivity index (χ1n) is 11.2. The summed E-state index contributed by atoms with van der Waals surface area (Å²) in [6, 6.07) is 12.4. The summed E-state index contributed by atoms with van der Waals surface area (Å²) < 4.78 is 7.64. The molecule has 0 bridgehead atoms. The molecule has 1 aliphatic heterocycles. The van der Waals surface area contributed by atoms with Crippen LogP contribution in [-0.4, -0.2) is 43.6 Å². The Hall–Kier alpha value is -3.26. The summed E-state index contributed by atoms with van der Waals surface area (Å²) in [5.41, 5.74) is 1.24. The van der Waals surface area contributed by atoms with Crippen LogP contribution < -0.4 is 10.1 Å². The SMILES string of the molecule is CC(C)CC(=O)Nc1ccnn1C1CCN(Cc2ccc(Oc3ncccn3)cc2)CC1. The molecule has 1 aliphatic rings. The van der Waals surface area contributed by atoms with Crippen molar-refractivity contribution in [1.29, 1.82) is 0 Å². The molecule has 0 saturated carbocycles. The van der Waals surface area contributed by atoms with E-state index in [4.69, 9.17) is 4.74 Å². The molecule has 0 radical (unpaired) electrons. The van der Waals surface area contributed by atoms with Gasteiger partial charge in [-0.05, 0) is 42.5 Å². The molecule has 1 fully saturated rings. The van der Waals surface area contributed by atoms with Crippen molar-refractivity contribution >= 4 is 11.7 Å². The quantitative estimate of drug-likeness (QED) is 0.569. The van der Waals surface area contributed by atoms with Crippen LogP contribution in [0.1, 0.15) is 44.7 Å². The van der Waals surface area contributed by atoms with Crippen molar-refractivity contribution in [3.8, 4) is 11.8 Å². The second kappa shape index (κ2) is 10.4. The van der Waals surface area contributed by atoms with E-state index in [1.807, 2.05) is 36.7 Å². The molecule has 0 unspecified atom stereocenters. The number of carbonyl (C=O) groups excluding carboxylic acids is 1. The smallest absolute Gasteiger partial charge is 0.321 e. The average Bonchev–Trinajstić information content (AvgIpc) is 3.24. The molecule has 4 rings (SSSR count). The number of hydrogen-bond donors (Lipinski definition) is 1. The molecule has 1 amide bonds. The zero-order chi connectivity index (χ0) is 22.3. The van der Waals surface area contributed by atoms with E-state index in [1.54, 1.807) is 24.7 Å². The number of benzene rings is 1. The molecular formula is C24H30N6O2. The lowest BCUT2D eigenvalue weighted by Gasteiger charge is -2.32. The summed E-state index contributed by atoms with van der Waals surface area (Å²) in [5.74, 6) is 1.91. The number of amides is 1. The van der Waals surface area contributed by atoms with Gasteiger partial charge in [0.25, 0.3) is 0 Å². The molecule has 1 aromatic carbocycles. The highest BCUT2D eigenvalue weighted by Crippen LogP contribution is 2.27. The lowest BCUT2D eigenvalue weighted by Crippen LogP contribution is -2.35. The van der Waals surface area contributed by atoms with Crippen LogP contribution in [0.2, 0.25) is 0 Å². The lowest BCUT2D eigenvalue weighted by molar-refractivity contribution is -0.116. The standard InChI is InChI=1S/C24H30N6O2/c1-18(2)16-23(31)28-22-8-13-27-30(22)20-9-14-29(15-10-20)17-19-4-6-21(7-5-19)32-24-25-11-3-12-26-24/h3-8,11-13,18,20H,9-10,14-17H2,1-2H3,(H,28,31). The van der Waals surface area contributed by atoms with Crippen LogP contribution in [0.3, 0.4) is 0 Å². The van der Waals surface area contributed by atoms with Gasteiger partial charge in [0, 0.05) is 44.5 Å². The minimum Gasteiger partial charge on any atom is -0.424 e. The summed E-state index contributed by atoms with van der Waals surface area (Å²) in [5, 5.41) is 7.50. The van der Waals surface area contributed by atoms with Crippen LogP contribution in [0.5, 0.6) is 11.8 Å². The number of hydrogen-bond acceptors (Lipinski definition) is 6. The largest absolute Gasteiger partial charge is 0.424 e. The third-order valence-corrected chi connectivity index (χ3v) is 5.52. The Morgan fingerprint density at radius 2 is 1.81 bits per heavy atom. The Labute approximate surface area is 188 Å². The molecule has 32 heavy (non-hydrogen) atoms. The summed E-state index contributed by atoms with van der Waals surface area (Å²) >= 11 is 0. The second-order valence-electron chi connectivity index (χ2n) is 8.59. The maximum atomic E-state index is 12.2. The number of ether oxygens (including phenoxy) is 1. The Bertz CT molecular complexity index is 995. The van der Waals surface area contributed by atoms with E-state index in [9.17, 15) is 4.79 Å². The van der Waals surface area contributed by atoms with Gasteiger partial charge >= 0.3 is 6.01 Å². The molecule has 0 spiro atoms. The van der Waals surface area contributed by atoms with Gasteiger partial charge in [-0.25, -0.2) is 14.6 Å². The third-order valence-electron chi connectivity index (χ3n) is 5.52. The molecule has 0 atom stereocenters. The van der Waals surface area contributed by atoms with E-state index in [0.29, 0.717) is 24.4 Å². The predicted molar refractivity (Wildman–Crippen MR) is 122 cm³/mol. The van der Waals surface area contributed by atoms with Gasteiger partial charge in [0.15, 0.2) is 0 Å². The zero-order valence-corrected chi connectivity index (χ0v) is 18.6. The fraction of sp³-hybridized carbons (Fsp3) is 0.417. The molecule has 3 heterocycles. The number of rotatable bonds is 8. The van der Waals surface area contributed by atoms with Gasteiger partial charge in [-0.15, -0.1) is 0 Å². The number of nitrogens with zero attached hydrogens (tertiary/aromatic N) is 5. The van der Waals surface area contributed by atoms with Crippen LogP contribution in [-0.2, 0) is 11.3 Å². The van der Waals surface area contributed by atoms with E-state index in [1.165, 1.54) is 5.56 Å². The van der Waals surface area contributed by atoms with E-state index >= 15 is 0 Å². The van der Waals surface area contributed by atoms with Crippen LogP contribution >= 0.6 is 0 Å². The van der Waals surface area contributed by atoms with Crippen molar-refractivity contribution in [2.45, 2.75) is 45.7 Å². The molecule has 1 N–H and O–H groups in total. The Balaban J connectivity index is 1.27. The number of aromatic nitrogens is 4. The number of likely N-dealkylation sites (tertiary alicyclic amines) is 1. The summed E-state index contributed by atoms with van der Waals surface area (Å²) in [7, 11) is 0. The van der Waals surface area contributed by atoms with Gasteiger partial charge in [-0.1, -0.05) is 26.0 Å². The number of carbonyl (C=O) groups is 1. The first-order chi connectivity index (χ1) is 15.6. The van der Waals surface area contributed by atoms with Crippen LogP contribution in [0.15, 0.2) is 55.0 Å². The van der Waals surface area contributed by atoms with Gasteiger partial charge < -0.3 is 10.1 Å². The maximum absolute atomic E-state index is 12.2. The second-order valence-corrected chi connectivity index (χ2v) is 8.59. The van der Waals surface area contributed by atoms with Crippen molar-refractivity contribution in [2.24, 2.45) is 5.92 Å². The topological polar surface area (TPSA) is 85.2 Å². The Morgan fingerprint density at radius 3 is 2.50 bits per heavy atom. The predicted octanol–water partition coefficient (Wildman–Crippen LogP) is 4.29.